The number of amides is 1. The Bertz CT molecular complexity index is 449. The number of benzene rings is 1. The van der Waals surface area contributed by atoms with Crippen molar-refractivity contribution in [2.75, 3.05) is 0 Å². The Kier molecular flexibility index (Phi) is 5.44. The average molecular weight is 287 g/mol. The molecule has 116 valence electrons. The predicted octanol–water partition coefficient (Wildman–Crippen LogP) is 4.37. The van der Waals surface area contributed by atoms with Crippen LogP contribution in [0.1, 0.15) is 70.4 Å². The Morgan fingerprint density at radius 2 is 1.71 bits per heavy atom. The molecule has 1 N–H and O–H groups in total. The Morgan fingerprint density at radius 1 is 1.10 bits per heavy atom. The zero-order valence-corrected chi connectivity index (χ0v) is 13.7. The third kappa shape index (κ3) is 5.18. The van der Waals surface area contributed by atoms with E-state index in [1.54, 1.807) is 0 Å². The molecular formula is C19H29NO. The lowest BCUT2D eigenvalue weighted by atomic mass is 9.86. The fraction of sp³-hybridized carbons (Fsp3) is 0.632. The van der Waals surface area contributed by atoms with Crippen molar-refractivity contribution >= 4 is 5.91 Å². The van der Waals surface area contributed by atoms with E-state index >= 15 is 0 Å². The lowest BCUT2D eigenvalue weighted by molar-refractivity contribution is -0.121. The largest absolute Gasteiger partial charge is 0.353 e. The van der Waals surface area contributed by atoms with Gasteiger partial charge >= 0.3 is 0 Å². The van der Waals surface area contributed by atoms with Crippen molar-refractivity contribution in [1.29, 1.82) is 0 Å². The summed E-state index contributed by atoms with van der Waals surface area (Å²) in [7, 11) is 0. The van der Waals surface area contributed by atoms with Crippen molar-refractivity contribution in [3.8, 4) is 0 Å². The van der Waals surface area contributed by atoms with Gasteiger partial charge in [0.15, 0.2) is 0 Å². The van der Waals surface area contributed by atoms with Crippen molar-refractivity contribution in [2.45, 2.75) is 77.2 Å². The van der Waals surface area contributed by atoms with E-state index in [9.17, 15) is 4.79 Å². The maximum atomic E-state index is 12.0. The molecule has 1 fully saturated rings. The van der Waals surface area contributed by atoms with Crippen LogP contribution in [0.4, 0.5) is 0 Å². The maximum absolute atomic E-state index is 12.0. The van der Waals surface area contributed by atoms with E-state index in [4.69, 9.17) is 0 Å². The molecule has 1 aliphatic carbocycles. The minimum absolute atomic E-state index is 0.191. The Labute approximate surface area is 129 Å². The number of carbonyl (C=O) groups is 1. The van der Waals surface area contributed by atoms with Gasteiger partial charge in [-0.3, -0.25) is 4.79 Å². The molecule has 0 spiro atoms. The first-order chi connectivity index (χ1) is 9.95. The summed E-state index contributed by atoms with van der Waals surface area (Å²) in [6.07, 6.45) is 7.61. The molecule has 2 nitrogen and oxygen atoms in total. The summed E-state index contributed by atoms with van der Waals surface area (Å²) in [6.45, 7) is 6.67. The first-order valence-corrected chi connectivity index (χ1v) is 8.34. The lowest BCUT2D eigenvalue weighted by Gasteiger charge is -2.22. The third-order valence-corrected chi connectivity index (χ3v) is 4.43. The highest BCUT2D eigenvalue weighted by Gasteiger charge is 2.16. The normalized spacial score (nSPS) is 16.7. The Hall–Kier alpha value is -1.31. The monoisotopic (exact) mass is 287 g/mol. The second-order valence-corrected chi connectivity index (χ2v) is 7.35. The van der Waals surface area contributed by atoms with Gasteiger partial charge in [0.25, 0.3) is 0 Å². The van der Waals surface area contributed by atoms with Crippen LogP contribution >= 0.6 is 0 Å². The molecule has 0 saturated heterocycles. The minimum atomic E-state index is 0.191. The molecule has 1 aliphatic rings. The molecule has 21 heavy (non-hydrogen) atoms. The molecule has 1 amide bonds. The van der Waals surface area contributed by atoms with Crippen molar-refractivity contribution < 1.29 is 4.79 Å². The number of rotatable bonds is 4. The topological polar surface area (TPSA) is 29.1 Å². The van der Waals surface area contributed by atoms with Crippen molar-refractivity contribution in [3.05, 3.63) is 35.4 Å². The molecule has 0 radical (unpaired) electrons. The Balaban J connectivity index is 1.78. The van der Waals surface area contributed by atoms with E-state index in [-0.39, 0.29) is 11.3 Å². The van der Waals surface area contributed by atoms with Crippen LogP contribution < -0.4 is 5.32 Å². The van der Waals surface area contributed by atoms with Gasteiger partial charge in [-0.15, -0.1) is 0 Å². The van der Waals surface area contributed by atoms with E-state index in [1.165, 1.54) is 30.4 Å². The van der Waals surface area contributed by atoms with Crippen LogP contribution in [-0.2, 0) is 16.6 Å². The molecule has 1 aromatic carbocycles. The van der Waals surface area contributed by atoms with Gasteiger partial charge in [-0.1, -0.05) is 64.3 Å². The summed E-state index contributed by atoms with van der Waals surface area (Å²) >= 11 is 0. The second kappa shape index (κ2) is 7.11. The maximum Gasteiger partial charge on any atom is 0.220 e. The molecule has 1 aromatic rings. The minimum Gasteiger partial charge on any atom is -0.353 e. The van der Waals surface area contributed by atoms with Crippen LogP contribution in [0.5, 0.6) is 0 Å². The average Bonchev–Trinajstić information content (AvgIpc) is 2.46. The highest BCUT2D eigenvalue weighted by atomic mass is 16.1. The van der Waals surface area contributed by atoms with Gasteiger partial charge in [0, 0.05) is 12.5 Å². The SMILES string of the molecule is CC(C)(C)c1ccc(CCC(=O)NC2CCCCC2)cc1. The zero-order valence-electron chi connectivity index (χ0n) is 13.7. The van der Waals surface area contributed by atoms with Crippen molar-refractivity contribution in [2.24, 2.45) is 0 Å². The quantitative estimate of drug-likeness (QED) is 0.875. The van der Waals surface area contributed by atoms with Gasteiger partial charge in [0.05, 0.1) is 0 Å². The third-order valence-electron chi connectivity index (χ3n) is 4.43. The van der Waals surface area contributed by atoms with Gasteiger partial charge in [0.2, 0.25) is 5.91 Å². The van der Waals surface area contributed by atoms with Crippen LogP contribution in [0, 0.1) is 0 Å². The van der Waals surface area contributed by atoms with Crippen molar-refractivity contribution in [3.63, 3.8) is 0 Å². The molecule has 0 aromatic heterocycles. The zero-order chi connectivity index (χ0) is 15.3. The molecule has 0 unspecified atom stereocenters. The summed E-state index contributed by atoms with van der Waals surface area (Å²) in [4.78, 5) is 12.0. The van der Waals surface area contributed by atoms with E-state index in [1.807, 2.05) is 0 Å². The van der Waals surface area contributed by atoms with Crippen molar-refractivity contribution in [1.82, 2.24) is 5.32 Å². The van der Waals surface area contributed by atoms with Crippen LogP contribution in [0.25, 0.3) is 0 Å². The molecule has 0 bridgehead atoms. The van der Waals surface area contributed by atoms with Crippen LogP contribution in [0.15, 0.2) is 24.3 Å². The molecular weight excluding hydrogens is 258 g/mol. The summed E-state index contributed by atoms with van der Waals surface area (Å²) in [5.74, 6) is 0.210. The number of nitrogens with one attached hydrogen (secondary N) is 1. The van der Waals surface area contributed by atoms with Crippen LogP contribution in [-0.4, -0.2) is 11.9 Å². The molecule has 2 rings (SSSR count). The lowest BCUT2D eigenvalue weighted by Crippen LogP contribution is -2.36. The Morgan fingerprint density at radius 3 is 2.29 bits per heavy atom. The van der Waals surface area contributed by atoms with Gasteiger partial charge in [-0.05, 0) is 35.8 Å². The van der Waals surface area contributed by atoms with Crippen LogP contribution in [0.3, 0.4) is 0 Å². The second-order valence-electron chi connectivity index (χ2n) is 7.35. The smallest absolute Gasteiger partial charge is 0.220 e. The number of carbonyl (C=O) groups excluding carboxylic acids is 1. The molecule has 0 aliphatic heterocycles. The van der Waals surface area contributed by atoms with E-state index < -0.39 is 0 Å². The van der Waals surface area contributed by atoms with Gasteiger partial charge < -0.3 is 5.32 Å². The van der Waals surface area contributed by atoms with E-state index in [2.05, 4.69) is 50.4 Å². The predicted molar refractivity (Wildman–Crippen MR) is 88.5 cm³/mol. The van der Waals surface area contributed by atoms with Crippen LogP contribution in [0.2, 0.25) is 0 Å². The molecule has 0 heterocycles. The highest BCUT2D eigenvalue weighted by Crippen LogP contribution is 2.22. The fourth-order valence-corrected chi connectivity index (χ4v) is 2.98. The number of hydrogen-bond donors (Lipinski definition) is 1. The van der Waals surface area contributed by atoms with Gasteiger partial charge in [0.1, 0.15) is 0 Å². The van der Waals surface area contributed by atoms with Gasteiger partial charge in [-0.25, -0.2) is 0 Å². The first kappa shape index (κ1) is 16.1. The fourth-order valence-electron chi connectivity index (χ4n) is 2.98. The first-order valence-electron chi connectivity index (χ1n) is 8.34. The molecule has 2 heteroatoms. The van der Waals surface area contributed by atoms with E-state index in [0.717, 1.165) is 19.3 Å². The van der Waals surface area contributed by atoms with E-state index in [0.29, 0.717) is 12.5 Å². The summed E-state index contributed by atoms with van der Waals surface area (Å²) in [5, 5.41) is 3.19. The number of hydrogen-bond acceptors (Lipinski definition) is 1. The van der Waals surface area contributed by atoms with Gasteiger partial charge in [-0.2, -0.15) is 0 Å². The molecule has 1 saturated carbocycles. The molecule has 0 atom stereocenters. The summed E-state index contributed by atoms with van der Waals surface area (Å²) in [5.41, 5.74) is 2.79. The highest BCUT2D eigenvalue weighted by molar-refractivity contribution is 5.76. The number of aryl methyl sites for hydroxylation is 1. The standard InChI is InChI=1S/C19H29NO/c1-19(2,3)16-12-9-15(10-13-16)11-14-18(21)20-17-7-5-4-6-8-17/h9-10,12-13,17H,4-8,11,14H2,1-3H3,(H,20,21). The summed E-state index contributed by atoms with van der Waals surface area (Å²) in [6, 6.07) is 9.13. The summed E-state index contributed by atoms with van der Waals surface area (Å²) < 4.78 is 0.